The lowest BCUT2D eigenvalue weighted by molar-refractivity contribution is -0.126. The van der Waals surface area contributed by atoms with Crippen molar-refractivity contribution in [1.29, 1.82) is 0 Å². The van der Waals surface area contributed by atoms with Gasteiger partial charge in [-0.15, -0.1) is 0 Å². The van der Waals surface area contributed by atoms with Crippen molar-refractivity contribution < 1.29 is 23.5 Å². The molecule has 2 atom stereocenters. The molecule has 2 amide bonds. The molecule has 2 saturated carbocycles. The molecule has 2 N–H and O–H groups in total. The number of nitrogens with one attached hydrogen (secondary N) is 1. The topological polar surface area (TPSA) is 109 Å². The first-order valence-electron chi connectivity index (χ1n) is 11.1. The molecule has 0 spiro atoms. The number of carbonyl (C=O) groups is 2. The summed E-state index contributed by atoms with van der Waals surface area (Å²) < 4.78 is 29.3. The Morgan fingerprint density at radius 1 is 1.30 bits per heavy atom. The molecule has 11 heteroatoms. The van der Waals surface area contributed by atoms with Crippen LogP contribution in [0.4, 0.5) is 8.78 Å². The number of carbonyl (C=O) groups excluding carboxylic acids is 2. The molecule has 3 heterocycles. The largest absolute Gasteiger partial charge is 0.492 e. The number of piperidine rings is 1. The lowest BCUT2D eigenvalue weighted by Crippen LogP contribution is -2.36. The summed E-state index contributed by atoms with van der Waals surface area (Å²) in [5.74, 6) is -5.77. The first kappa shape index (κ1) is 21.6. The zero-order chi connectivity index (χ0) is 23.7. The third-order valence-electron chi connectivity index (χ3n) is 6.51. The highest BCUT2D eigenvalue weighted by Gasteiger charge is 2.72. The third-order valence-corrected chi connectivity index (χ3v) is 6.51. The van der Waals surface area contributed by atoms with Gasteiger partial charge in [-0.2, -0.15) is 9.61 Å². The van der Waals surface area contributed by atoms with E-state index >= 15 is 0 Å². The van der Waals surface area contributed by atoms with Crippen molar-refractivity contribution in [3.05, 3.63) is 33.8 Å². The molecule has 2 aliphatic carbocycles. The van der Waals surface area contributed by atoms with Crippen LogP contribution < -0.4 is 10.9 Å². The number of aromatic nitrogens is 3. The highest BCUT2D eigenvalue weighted by atomic mass is 19.3. The number of alkyl halides is 2. The minimum Gasteiger partial charge on any atom is -0.492 e. The Bertz CT molecular complexity index is 1230. The molecule has 9 nitrogen and oxygen atoms in total. The zero-order valence-corrected chi connectivity index (χ0v) is 18.3. The van der Waals surface area contributed by atoms with Crippen molar-refractivity contribution >= 4 is 23.5 Å². The Morgan fingerprint density at radius 2 is 1.97 bits per heavy atom. The monoisotopic (exact) mass is 461 g/mol. The summed E-state index contributed by atoms with van der Waals surface area (Å²) in [6.07, 6.45) is 5.75. The van der Waals surface area contributed by atoms with Crippen LogP contribution in [0.1, 0.15) is 42.6 Å². The second kappa shape index (κ2) is 7.39. The Balaban J connectivity index is 1.48. The van der Waals surface area contributed by atoms with E-state index in [1.54, 1.807) is 0 Å². The van der Waals surface area contributed by atoms with Crippen molar-refractivity contribution in [2.24, 2.45) is 17.8 Å². The predicted octanol–water partition coefficient (Wildman–Crippen LogP) is 1.49. The number of hydrogen-bond donors (Lipinski definition) is 2. The average Bonchev–Trinajstić information content (AvgIpc) is 3.47. The van der Waals surface area contributed by atoms with Crippen molar-refractivity contribution in [2.45, 2.75) is 45.2 Å². The number of nitrogens with zero attached hydrogens (tertiary/aromatic N) is 4. The van der Waals surface area contributed by atoms with Crippen LogP contribution in [-0.2, 0) is 11.3 Å². The van der Waals surface area contributed by atoms with Crippen molar-refractivity contribution in [1.82, 2.24) is 24.4 Å². The Labute approximate surface area is 187 Å². The van der Waals surface area contributed by atoms with Gasteiger partial charge in [0.2, 0.25) is 11.8 Å². The van der Waals surface area contributed by atoms with Gasteiger partial charge in [0.15, 0.2) is 5.56 Å². The quantitative estimate of drug-likeness (QED) is 0.634. The maximum atomic E-state index is 13.4. The van der Waals surface area contributed by atoms with E-state index in [1.165, 1.54) is 27.8 Å². The minimum atomic E-state index is -2.67. The summed E-state index contributed by atoms with van der Waals surface area (Å²) in [7, 11) is 0. The van der Waals surface area contributed by atoms with Crippen LogP contribution in [0.25, 0.3) is 11.7 Å². The number of fused-ring (bicyclic) bond motifs is 2. The summed E-state index contributed by atoms with van der Waals surface area (Å²) in [4.78, 5) is 39.7. The molecular weight excluding hydrogens is 436 g/mol. The van der Waals surface area contributed by atoms with Gasteiger partial charge in [-0.05, 0) is 24.8 Å². The van der Waals surface area contributed by atoms with Crippen molar-refractivity contribution in [3.8, 4) is 5.88 Å². The van der Waals surface area contributed by atoms with Crippen LogP contribution in [0, 0.1) is 17.8 Å². The van der Waals surface area contributed by atoms with Gasteiger partial charge in [0.1, 0.15) is 5.65 Å². The van der Waals surface area contributed by atoms with Crippen LogP contribution in [0.5, 0.6) is 5.88 Å². The molecular formula is C22H25F2N5O4. The predicted molar refractivity (Wildman–Crippen MR) is 114 cm³/mol. The van der Waals surface area contributed by atoms with Gasteiger partial charge in [-0.3, -0.25) is 19.0 Å². The van der Waals surface area contributed by atoms with Gasteiger partial charge >= 0.3 is 0 Å². The maximum Gasteiger partial charge on any atom is 0.270 e. The van der Waals surface area contributed by atoms with E-state index in [1.807, 2.05) is 13.8 Å². The smallest absolute Gasteiger partial charge is 0.270 e. The molecule has 1 saturated heterocycles. The lowest BCUT2D eigenvalue weighted by atomic mass is 10.2. The zero-order valence-electron chi connectivity index (χ0n) is 18.3. The van der Waals surface area contributed by atoms with Gasteiger partial charge in [0.25, 0.3) is 17.4 Å². The standard InChI is InChI=1S/C22H25F2N5O4/c1-11(2)8-28-19-12(3-6-16(30)27-9-14-15(10-27)22(14,23)24)7-25-29(19)21(33)17(20(28)32)18(31)26-13-4-5-13/h3,6-7,11,13-15,33H,4-5,8-10H2,1-2H3,(H,26,31)/b6-3+. The summed E-state index contributed by atoms with van der Waals surface area (Å²) in [6.45, 7) is 4.12. The molecule has 33 heavy (non-hydrogen) atoms. The first-order valence-corrected chi connectivity index (χ1v) is 11.1. The molecule has 0 bridgehead atoms. The second-order valence-corrected chi connectivity index (χ2v) is 9.56. The molecule has 5 rings (SSSR count). The first-order chi connectivity index (χ1) is 15.6. The second-order valence-electron chi connectivity index (χ2n) is 9.56. The number of amides is 2. The number of aromatic hydroxyl groups is 1. The van der Waals surface area contributed by atoms with Gasteiger partial charge in [0.05, 0.1) is 18.0 Å². The summed E-state index contributed by atoms with van der Waals surface area (Å²) in [5, 5.41) is 17.5. The molecule has 1 aliphatic heterocycles. The number of halogens is 2. The molecule has 2 aromatic heterocycles. The average molecular weight is 461 g/mol. The highest BCUT2D eigenvalue weighted by Crippen LogP contribution is 2.59. The van der Waals surface area contributed by atoms with E-state index in [4.69, 9.17) is 0 Å². The molecule has 3 aliphatic rings. The Kier molecular flexibility index (Phi) is 4.84. The minimum absolute atomic E-state index is 0.00393. The number of likely N-dealkylation sites (tertiary alicyclic amines) is 1. The van der Waals surface area contributed by atoms with E-state index in [0.29, 0.717) is 5.56 Å². The molecule has 2 aromatic rings. The van der Waals surface area contributed by atoms with E-state index in [2.05, 4.69) is 10.4 Å². The van der Waals surface area contributed by atoms with Crippen LogP contribution >= 0.6 is 0 Å². The van der Waals surface area contributed by atoms with Crippen molar-refractivity contribution in [2.75, 3.05) is 13.1 Å². The van der Waals surface area contributed by atoms with Crippen LogP contribution in [-0.4, -0.2) is 61.1 Å². The SMILES string of the molecule is CC(C)Cn1c(=O)c(C(=O)NC2CC2)c(O)n2ncc(/C=C/C(=O)N3CC4C(C3)C4(F)F)c12. The lowest BCUT2D eigenvalue weighted by Gasteiger charge is -2.17. The Morgan fingerprint density at radius 3 is 2.58 bits per heavy atom. The normalized spacial score (nSPS) is 23.5. The van der Waals surface area contributed by atoms with Crippen LogP contribution in [0.2, 0.25) is 0 Å². The van der Waals surface area contributed by atoms with Gasteiger partial charge in [-0.25, -0.2) is 8.78 Å². The fraction of sp³-hybridized carbons (Fsp3) is 0.545. The third kappa shape index (κ3) is 3.59. The van der Waals surface area contributed by atoms with Crippen LogP contribution in [0.15, 0.2) is 17.1 Å². The molecule has 2 unspecified atom stereocenters. The van der Waals surface area contributed by atoms with E-state index in [9.17, 15) is 28.3 Å². The van der Waals surface area contributed by atoms with Gasteiger partial charge in [0, 0.05) is 37.3 Å². The van der Waals surface area contributed by atoms with E-state index in [-0.39, 0.29) is 42.8 Å². The summed E-state index contributed by atoms with van der Waals surface area (Å²) in [5.41, 5.74) is -0.383. The molecule has 3 fully saturated rings. The summed E-state index contributed by atoms with van der Waals surface area (Å²) in [6, 6.07) is 0.00393. The van der Waals surface area contributed by atoms with Gasteiger partial charge in [-0.1, -0.05) is 13.8 Å². The molecule has 0 aromatic carbocycles. The molecule has 0 radical (unpaired) electrons. The summed E-state index contributed by atoms with van der Waals surface area (Å²) >= 11 is 0. The number of hydrogen-bond acceptors (Lipinski definition) is 5. The fourth-order valence-electron chi connectivity index (χ4n) is 4.50. The fourth-order valence-corrected chi connectivity index (χ4v) is 4.50. The van der Waals surface area contributed by atoms with Gasteiger partial charge < -0.3 is 15.3 Å². The van der Waals surface area contributed by atoms with E-state index in [0.717, 1.165) is 17.4 Å². The highest BCUT2D eigenvalue weighted by molar-refractivity contribution is 5.97. The van der Waals surface area contributed by atoms with Crippen LogP contribution in [0.3, 0.4) is 0 Å². The molecule has 176 valence electrons. The Hall–Kier alpha value is -3.24. The van der Waals surface area contributed by atoms with Crippen molar-refractivity contribution in [3.63, 3.8) is 0 Å². The maximum absolute atomic E-state index is 13.4. The number of rotatable bonds is 6. The van der Waals surface area contributed by atoms with E-state index < -0.39 is 41.0 Å².